The number of nitrogens with two attached hydrogens (primary N) is 2. The van der Waals surface area contributed by atoms with E-state index in [-0.39, 0.29) is 12.1 Å². The molecule has 2 rings (SSSR count). The van der Waals surface area contributed by atoms with E-state index in [4.69, 9.17) is 20.9 Å². The Bertz CT molecular complexity index is 548. The van der Waals surface area contributed by atoms with Crippen molar-refractivity contribution in [2.75, 3.05) is 13.2 Å². The van der Waals surface area contributed by atoms with Gasteiger partial charge in [-0.3, -0.25) is 0 Å². The number of hydrogen-bond donors (Lipinski definition) is 2. The van der Waals surface area contributed by atoms with E-state index in [0.29, 0.717) is 13.2 Å². The molecule has 2 atom stereocenters. The van der Waals surface area contributed by atoms with Crippen LogP contribution in [-0.2, 0) is 0 Å². The molecule has 0 saturated heterocycles. The van der Waals surface area contributed by atoms with E-state index in [1.54, 1.807) is 0 Å². The smallest absolute Gasteiger partial charge is 0.119 e. The normalized spacial score (nSPS) is 13.5. The van der Waals surface area contributed by atoms with Gasteiger partial charge < -0.3 is 20.9 Å². The van der Waals surface area contributed by atoms with Crippen LogP contribution in [0.15, 0.2) is 48.5 Å². The molecule has 4 nitrogen and oxygen atoms in total. The summed E-state index contributed by atoms with van der Waals surface area (Å²) in [6, 6.07) is 14.9. The van der Waals surface area contributed by atoms with Crippen molar-refractivity contribution in [1.82, 2.24) is 0 Å². The molecule has 0 radical (unpaired) electrons. The van der Waals surface area contributed by atoms with Crippen LogP contribution < -0.4 is 20.9 Å². The van der Waals surface area contributed by atoms with Crippen molar-refractivity contribution in [2.24, 2.45) is 11.5 Å². The molecule has 22 heavy (non-hydrogen) atoms. The average molecular weight is 300 g/mol. The predicted molar refractivity (Wildman–Crippen MR) is 89.1 cm³/mol. The highest BCUT2D eigenvalue weighted by Gasteiger charge is 2.18. The fourth-order valence-corrected chi connectivity index (χ4v) is 2.37. The highest BCUT2D eigenvalue weighted by molar-refractivity contribution is 5.35. The molecule has 0 amide bonds. The average Bonchev–Trinajstić information content (AvgIpc) is 2.55. The van der Waals surface area contributed by atoms with Crippen molar-refractivity contribution in [1.29, 1.82) is 0 Å². The fraction of sp³-hybridized carbons (Fsp3) is 0.333. The molecule has 0 bridgehead atoms. The summed E-state index contributed by atoms with van der Waals surface area (Å²) in [5.74, 6) is 1.62. The fourth-order valence-electron chi connectivity index (χ4n) is 2.37. The van der Waals surface area contributed by atoms with Crippen LogP contribution in [0.1, 0.15) is 37.1 Å². The van der Waals surface area contributed by atoms with Gasteiger partial charge in [-0.15, -0.1) is 0 Å². The van der Waals surface area contributed by atoms with Crippen LogP contribution in [0.4, 0.5) is 0 Å². The first-order valence-corrected chi connectivity index (χ1v) is 7.62. The Kier molecular flexibility index (Phi) is 5.81. The Morgan fingerprint density at radius 2 is 1.18 bits per heavy atom. The molecule has 0 heterocycles. The third-order valence-electron chi connectivity index (χ3n) is 3.49. The second kappa shape index (κ2) is 7.82. The molecule has 4 heteroatoms. The molecular formula is C18H24N2O2. The molecule has 0 fully saturated rings. The van der Waals surface area contributed by atoms with E-state index in [1.807, 2.05) is 62.4 Å². The van der Waals surface area contributed by atoms with Gasteiger partial charge in [0.1, 0.15) is 11.5 Å². The summed E-state index contributed by atoms with van der Waals surface area (Å²) >= 11 is 0. The minimum atomic E-state index is -0.308. The Labute approximate surface area is 132 Å². The topological polar surface area (TPSA) is 70.5 Å². The monoisotopic (exact) mass is 300 g/mol. The van der Waals surface area contributed by atoms with Crippen molar-refractivity contribution in [3.05, 3.63) is 59.7 Å². The van der Waals surface area contributed by atoms with E-state index in [0.717, 1.165) is 22.6 Å². The molecule has 4 N–H and O–H groups in total. The largest absolute Gasteiger partial charge is 0.494 e. The molecule has 2 aromatic rings. The Morgan fingerprint density at radius 1 is 0.773 bits per heavy atom. The van der Waals surface area contributed by atoms with Crippen LogP contribution in [0.5, 0.6) is 11.5 Å². The van der Waals surface area contributed by atoms with Gasteiger partial charge in [-0.2, -0.15) is 0 Å². The summed E-state index contributed by atoms with van der Waals surface area (Å²) in [4.78, 5) is 0. The zero-order valence-corrected chi connectivity index (χ0v) is 13.2. The van der Waals surface area contributed by atoms with E-state index < -0.39 is 0 Å². The van der Waals surface area contributed by atoms with Gasteiger partial charge in [0.15, 0.2) is 0 Å². The maximum absolute atomic E-state index is 6.34. The van der Waals surface area contributed by atoms with E-state index >= 15 is 0 Å². The van der Waals surface area contributed by atoms with Gasteiger partial charge in [0.2, 0.25) is 0 Å². The molecule has 0 aliphatic rings. The SMILES string of the molecule is CCOc1cccc([C@@H](N)[C@H](N)c2cccc(OCC)c2)c1. The van der Waals surface area contributed by atoms with Crippen molar-refractivity contribution in [3.8, 4) is 11.5 Å². The van der Waals surface area contributed by atoms with Crippen molar-refractivity contribution in [2.45, 2.75) is 25.9 Å². The van der Waals surface area contributed by atoms with Gasteiger partial charge in [-0.25, -0.2) is 0 Å². The lowest BCUT2D eigenvalue weighted by Crippen LogP contribution is -2.26. The summed E-state index contributed by atoms with van der Waals surface area (Å²) in [7, 11) is 0. The number of hydrogen-bond acceptors (Lipinski definition) is 4. The molecular weight excluding hydrogens is 276 g/mol. The Hall–Kier alpha value is -2.04. The zero-order valence-electron chi connectivity index (χ0n) is 13.2. The number of ether oxygens (including phenoxy) is 2. The Balaban J connectivity index is 2.19. The molecule has 0 spiro atoms. The minimum Gasteiger partial charge on any atom is -0.494 e. The van der Waals surface area contributed by atoms with Crippen LogP contribution >= 0.6 is 0 Å². The molecule has 2 aromatic carbocycles. The van der Waals surface area contributed by atoms with E-state index in [9.17, 15) is 0 Å². The van der Waals surface area contributed by atoms with E-state index in [1.165, 1.54) is 0 Å². The maximum Gasteiger partial charge on any atom is 0.119 e. The Morgan fingerprint density at radius 3 is 1.55 bits per heavy atom. The molecule has 0 aromatic heterocycles. The van der Waals surface area contributed by atoms with Crippen molar-refractivity contribution >= 4 is 0 Å². The van der Waals surface area contributed by atoms with Gasteiger partial charge in [0.25, 0.3) is 0 Å². The van der Waals surface area contributed by atoms with E-state index in [2.05, 4.69) is 0 Å². The number of benzene rings is 2. The predicted octanol–water partition coefficient (Wildman–Crippen LogP) is 3.18. The van der Waals surface area contributed by atoms with Crippen molar-refractivity contribution in [3.63, 3.8) is 0 Å². The second-order valence-electron chi connectivity index (χ2n) is 5.06. The summed E-state index contributed by atoms with van der Waals surface area (Å²) in [5.41, 5.74) is 14.6. The molecule has 0 aliphatic carbocycles. The first-order chi connectivity index (χ1) is 10.7. The van der Waals surface area contributed by atoms with Gasteiger partial charge >= 0.3 is 0 Å². The first kappa shape index (κ1) is 16.3. The maximum atomic E-state index is 6.34. The highest BCUT2D eigenvalue weighted by Crippen LogP contribution is 2.28. The van der Waals surface area contributed by atoms with Crippen LogP contribution in [0.25, 0.3) is 0 Å². The lowest BCUT2D eigenvalue weighted by molar-refractivity contribution is 0.338. The zero-order chi connectivity index (χ0) is 15.9. The van der Waals surface area contributed by atoms with Crippen LogP contribution in [0.3, 0.4) is 0 Å². The second-order valence-corrected chi connectivity index (χ2v) is 5.06. The summed E-state index contributed by atoms with van der Waals surface area (Å²) in [5, 5.41) is 0. The standard InChI is InChI=1S/C18H24N2O2/c1-3-21-15-9-5-7-13(11-15)17(19)18(20)14-8-6-10-16(12-14)22-4-2/h5-12,17-18H,3-4,19-20H2,1-2H3/t17-,18-/m1/s1. The van der Waals surface area contributed by atoms with Crippen LogP contribution in [0.2, 0.25) is 0 Å². The van der Waals surface area contributed by atoms with Gasteiger partial charge in [-0.1, -0.05) is 24.3 Å². The lowest BCUT2D eigenvalue weighted by Gasteiger charge is -2.21. The lowest BCUT2D eigenvalue weighted by atomic mass is 9.94. The third kappa shape index (κ3) is 4.00. The van der Waals surface area contributed by atoms with Gasteiger partial charge in [0, 0.05) is 12.1 Å². The molecule has 0 unspecified atom stereocenters. The summed E-state index contributed by atoms with van der Waals surface area (Å²) in [6.07, 6.45) is 0. The first-order valence-electron chi connectivity index (χ1n) is 7.62. The van der Waals surface area contributed by atoms with Crippen LogP contribution in [0, 0.1) is 0 Å². The number of rotatable bonds is 7. The van der Waals surface area contributed by atoms with Crippen molar-refractivity contribution < 1.29 is 9.47 Å². The highest BCUT2D eigenvalue weighted by atomic mass is 16.5. The minimum absolute atomic E-state index is 0.308. The third-order valence-corrected chi connectivity index (χ3v) is 3.49. The molecule has 118 valence electrons. The van der Waals surface area contributed by atoms with Gasteiger partial charge in [0.05, 0.1) is 13.2 Å². The molecule has 0 aliphatic heterocycles. The summed E-state index contributed by atoms with van der Waals surface area (Å²) < 4.78 is 11.0. The molecule has 0 saturated carbocycles. The summed E-state index contributed by atoms with van der Waals surface area (Å²) in [6.45, 7) is 5.16. The quantitative estimate of drug-likeness (QED) is 0.824. The van der Waals surface area contributed by atoms with Crippen LogP contribution in [-0.4, -0.2) is 13.2 Å². The van der Waals surface area contributed by atoms with Gasteiger partial charge in [-0.05, 0) is 49.2 Å².